The molecule has 0 aliphatic rings. The lowest BCUT2D eigenvalue weighted by Crippen LogP contribution is -1.98. The fourth-order valence-electron chi connectivity index (χ4n) is 0.827. The van der Waals surface area contributed by atoms with Gasteiger partial charge in [-0.05, 0) is 19.9 Å². The molecule has 0 radical (unpaired) electrons. The lowest BCUT2D eigenvalue weighted by Gasteiger charge is -2.10. The standard InChI is InChI=1S/C10H14BrClO/c1-4-9(11)8(3)10(5-2)13-7-6-12/h4-5H,1,6-7H2,2-3H3/b9-8+,10-5+. The van der Waals surface area contributed by atoms with E-state index in [0.717, 1.165) is 15.8 Å². The molecular formula is C10H14BrClO. The molecule has 0 fully saturated rings. The van der Waals surface area contributed by atoms with Crippen LogP contribution in [0, 0.1) is 0 Å². The Hall–Kier alpha value is -0.210. The van der Waals surface area contributed by atoms with Crippen LogP contribution in [0.15, 0.2) is 34.5 Å². The van der Waals surface area contributed by atoms with Crippen molar-refractivity contribution in [2.45, 2.75) is 13.8 Å². The van der Waals surface area contributed by atoms with Gasteiger partial charge in [-0.3, -0.25) is 0 Å². The Bertz CT molecular complexity index is 231. The third-order valence-corrected chi connectivity index (χ3v) is 2.58. The molecule has 0 amide bonds. The highest BCUT2D eigenvalue weighted by molar-refractivity contribution is 9.11. The molecule has 0 heterocycles. The normalized spacial score (nSPS) is 13.7. The van der Waals surface area contributed by atoms with Crippen LogP contribution < -0.4 is 0 Å². The van der Waals surface area contributed by atoms with Crippen molar-refractivity contribution in [3.05, 3.63) is 34.5 Å². The average Bonchev–Trinajstić information content (AvgIpc) is 2.17. The van der Waals surface area contributed by atoms with E-state index in [1.165, 1.54) is 0 Å². The van der Waals surface area contributed by atoms with E-state index in [0.29, 0.717) is 12.5 Å². The minimum absolute atomic E-state index is 0.496. The number of allylic oxidation sites excluding steroid dienone is 4. The molecule has 0 saturated heterocycles. The highest BCUT2D eigenvalue weighted by atomic mass is 79.9. The van der Waals surface area contributed by atoms with Crippen LogP contribution >= 0.6 is 27.5 Å². The van der Waals surface area contributed by atoms with Gasteiger partial charge in [-0.2, -0.15) is 0 Å². The second kappa shape index (κ2) is 7.22. The zero-order chi connectivity index (χ0) is 10.3. The van der Waals surface area contributed by atoms with Gasteiger partial charge in [-0.1, -0.05) is 28.6 Å². The molecule has 0 bridgehead atoms. The molecule has 0 aliphatic heterocycles. The first-order valence-corrected chi connectivity index (χ1v) is 5.34. The number of alkyl halides is 1. The van der Waals surface area contributed by atoms with Crippen molar-refractivity contribution >= 4 is 27.5 Å². The lowest BCUT2D eigenvalue weighted by atomic mass is 10.2. The van der Waals surface area contributed by atoms with Gasteiger partial charge in [0.15, 0.2) is 0 Å². The van der Waals surface area contributed by atoms with Crippen LogP contribution in [0.2, 0.25) is 0 Å². The first kappa shape index (κ1) is 12.8. The van der Waals surface area contributed by atoms with Crippen molar-refractivity contribution in [3.63, 3.8) is 0 Å². The average molecular weight is 266 g/mol. The Balaban J connectivity index is 4.51. The van der Waals surface area contributed by atoms with E-state index in [2.05, 4.69) is 22.5 Å². The highest BCUT2D eigenvalue weighted by Gasteiger charge is 2.02. The molecule has 13 heavy (non-hydrogen) atoms. The predicted octanol–water partition coefficient (Wildman–Crippen LogP) is 4.00. The maximum Gasteiger partial charge on any atom is 0.119 e. The number of hydrogen-bond acceptors (Lipinski definition) is 1. The van der Waals surface area contributed by atoms with Crippen LogP contribution in [0.1, 0.15) is 13.8 Å². The second-order valence-corrected chi connectivity index (χ2v) is 3.60. The van der Waals surface area contributed by atoms with Gasteiger partial charge in [0.25, 0.3) is 0 Å². The summed E-state index contributed by atoms with van der Waals surface area (Å²) in [5.74, 6) is 1.34. The van der Waals surface area contributed by atoms with Crippen LogP contribution in [0.5, 0.6) is 0 Å². The molecule has 0 spiro atoms. The number of hydrogen-bond donors (Lipinski definition) is 0. The topological polar surface area (TPSA) is 9.23 Å². The fraction of sp³-hybridized carbons (Fsp3) is 0.400. The summed E-state index contributed by atoms with van der Waals surface area (Å²) in [5, 5.41) is 0. The van der Waals surface area contributed by atoms with E-state index in [-0.39, 0.29) is 0 Å². The molecule has 1 nitrogen and oxygen atoms in total. The summed E-state index contributed by atoms with van der Waals surface area (Å²) in [7, 11) is 0. The van der Waals surface area contributed by atoms with Crippen LogP contribution in [0.3, 0.4) is 0 Å². The quantitative estimate of drug-likeness (QED) is 0.415. The fourth-order valence-corrected chi connectivity index (χ4v) is 1.10. The SMILES string of the molecule is C=C/C(Br)=C(C)\C(=C/C)OCCCl. The van der Waals surface area contributed by atoms with Crippen LogP contribution in [0.25, 0.3) is 0 Å². The maximum atomic E-state index is 5.52. The zero-order valence-corrected chi connectivity index (χ0v) is 10.3. The third-order valence-electron chi connectivity index (χ3n) is 1.50. The van der Waals surface area contributed by atoms with E-state index in [4.69, 9.17) is 16.3 Å². The summed E-state index contributed by atoms with van der Waals surface area (Å²) >= 11 is 8.90. The van der Waals surface area contributed by atoms with Crippen molar-refractivity contribution < 1.29 is 4.74 Å². The first-order valence-electron chi connectivity index (χ1n) is 4.01. The second-order valence-electron chi connectivity index (χ2n) is 2.37. The molecular weight excluding hydrogens is 251 g/mol. The highest BCUT2D eigenvalue weighted by Crippen LogP contribution is 2.20. The molecule has 0 aliphatic carbocycles. The van der Waals surface area contributed by atoms with E-state index in [9.17, 15) is 0 Å². The monoisotopic (exact) mass is 264 g/mol. The summed E-state index contributed by atoms with van der Waals surface area (Å²) < 4.78 is 6.36. The van der Waals surface area contributed by atoms with Gasteiger partial charge >= 0.3 is 0 Å². The van der Waals surface area contributed by atoms with Gasteiger partial charge in [-0.15, -0.1) is 11.6 Å². The largest absolute Gasteiger partial charge is 0.492 e. The Morgan fingerprint density at radius 1 is 1.62 bits per heavy atom. The molecule has 0 saturated carbocycles. The van der Waals surface area contributed by atoms with Gasteiger partial charge in [0.05, 0.1) is 5.88 Å². The summed E-state index contributed by atoms with van der Waals surface area (Å²) in [6, 6.07) is 0. The van der Waals surface area contributed by atoms with Crippen molar-refractivity contribution in [3.8, 4) is 0 Å². The summed E-state index contributed by atoms with van der Waals surface area (Å²) in [6.07, 6.45) is 3.65. The van der Waals surface area contributed by atoms with Crippen molar-refractivity contribution in [2.75, 3.05) is 12.5 Å². The molecule has 0 unspecified atom stereocenters. The third kappa shape index (κ3) is 4.53. The molecule has 3 heteroatoms. The van der Waals surface area contributed by atoms with Gasteiger partial charge in [0.1, 0.15) is 12.4 Å². The summed E-state index contributed by atoms with van der Waals surface area (Å²) in [6.45, 7) is 8.08. The number of halogens is 2. The Morgan fingerprint density at radius 3 is 2.62 bits per heavy atom. The number of rotatable bonds is 5. The summed E-state index contributed by atoms with van der Waals surface area (Å²) in [5.41, 5.74) is 1.03. The summed E-state index contributed by atoms with van der Waals surface area (Å²) in [4.78, 5) is 0. The molecule has 0 N–H and O–H groups in total. The Labute approximate surface area is 93.2 Å². The number of ether oxygens (including phenoxy) is 1. The lowest BCUT2D eigenvalue weighted by molar-refractivity contribution is 0.239. The molecule has 0 rings (SSSR count). The van der Waals surface area contributed by atoms with Crippen molar-refractivity contribution in [1.29, 1.82) is 0 Å². The van der Waals surface area contributed by atoms with E-state index in [1.807, 2.05) is 19.9 Å². The molecule has 74 valence electrons. The predicted molar refractivity (Wildman–Crippen MR) is 62.3 cm³/mol. The minimum Gasteiger partial charge on any atom is -0.492 e. The van der Waals surface area contributed by atoms with Gasteiger partial charge in [-0.25, -0.2) is 0 Å². The van der Waals surface area contributed by atoms with Gasteiger partial charge < -0.3 is 4.74 Å². The molecule has 0 aromatic carbocycles. The van der Waals surface area contributed by atoms with E-state index in [1.54, 1.807) is 6.08 Å². The Morgan fingerprint density at radius 2 is 2.23 bits per heavy atom. The van der Waals surface area contributed by atoms with E-state index < -0.39 is 0 Å². The van der Waals surface area contributed by atoms with Crippen LogP contribution in [0.4, 0.5) is 0 Å². The van der Waals surface area contributed by atoms with Crippen molar-refractivity contribution in [2.24, 2.45) is 0 Å². The minimum atomic E-state index is 0.496. The van der Waals surface area contributed by atoms with E-state index >= 15 is 0 Å². The van der Waals surface area contributed by atoms with Gasteiger partial charge in [0, 0.05) is 10.1 Å². The Kier molecular flexibility index (Phi) is 7.10. The molecule has 0 aromatic heterocycles. The maximum absolute atomic E-state index is 5.52. The van der Waals surface area contributed by atoms with Crippen LogP contribution in [-0.4, -0.2) is 12.5 Å². The first-order chi connectivity index (χ1) is 6.17. The smallest absolute Gasteiger partial charge is 0.119 e. The van der Waals surface area contributed by atoms with Crippen molar-refractivity contribution in [1.82, 2.24) is 0 Å². The molecule has 0 aromatic rings. The zero-order valence-electron chi connectivity index (χ0n) is 7.94. The van der Waals surface area contributed by atoms with Crippen LogP contribution in [-0.2, 0) is 4.74 Å². The van der Waals surface area contributed by atoms with Gasteiger partial charge in [0.2, 0.25) is 0 Å². The molecule has 0 atom stereocenters.